The summed E-state index contributed by atoms with van der Waals surface area (Å²) in [5, 5.41) is 6.59. The first-order valence-corrected chi connectivity index (χ1v) is 6.88. The highest BCUT2D eigenvalue weighted by Crippen LogP contribution is 2.15. The Morgan fingerprint density at radius 3 is 3.26 bits per heavy atom. The summed E-state index contributed by atoms with van der Waals surface area (Å²) in [4.78, 5) is 16.0. The third-order valence-corrected chi connectivity index (χ3v) is 3.31. The highest BCUT2D eigenvalue weighted by atomic mass is 16.5. The van der Waals surface area contributed by atoms with Crippen LogP contribution in [-0.4, -0.2) is 37.2 Å². The van der Waals surface area contributed by atoms with E-state index < -0.39 is 0 Å². The predicted molar refractivity (Wildman–Crippen MR) is 74.3 cm³/mol. The number of carbonyl (C=O) groups is 1. The number of ether oxygens (including phenoxy) is 1. The van der Waals surface area contributed by atoms with E-state index in [0.717, 1.165) is 32.0 Å². The average molecular weight is 263 g/mol. The number of hydrogen-bond acceptors (Lipinski definition) is 5. The molecular weight excluding hydrogens is 242 g/mol. The molecule has 0 amide bonds. The molecule has 1 saturated heterocycles. The van der Waals surface area contributed by atoms with E-state index >= 15 is 0 Å². The van der Waals surface area contributed by atoms with Crippen LogP contribution in [0, 0.1) is 5.92 Å². The summed E-state index contributed by atoms with van der Waals surface area (Å²) < 4.78 is 5.02. The number of hydrogen-bond donors (Lipinski definition) is 2. The molecule has 2 N–H and O–H groups in total. The van der Waals surface area contributed by atoms with Crippen molar-refractivity contribution < 1.29 is 9.53 Å². The van der Waals surface area contributed by atoms with Gasteiger partial charge < -0.3 is 15.4 Å². The maximum absolute atomic E-state index is 11.8. The van der Waals surface area contributed by atoms with Gasteiger partial charge in [0, 0.05) is 12.7 Å². The van der Waals surface area contributed by atoms with Gasteiger partial charge in [-0.25, -0.2) is 9.78 Å². The van der Waals surface area contributed by atoms with Gasteiger partial charge in [-0.3, -0.25) is 0 Å². The SMILES string of the molecule is CCOC(=O)c1cccnc1NCCC1CCNC1. The maximum atomic E-state index is 11.8. The van der Waals surface area contributed by atoms with Gasteiger partial charge in [0.25, 0.3) is 0 Å². The quantitative estimate of drug-likeness (QED) is 0.764. The number of pyridine rings is 1. The largest absolute Gasteiger partial charge is 0.462 e. The number of anilines is 1. The van der Waals surface area contributed by atoms with E-state index in [0.29, 0.717) is 18.0 Å². The molecule has 19 heavy (non-hydrogen) atoms. The second-order valence-corrected chi connectivity index (χ2v) is 4.69. The first-order valence-electron chi connectivity index (χ1n) is 6.88. The van der Waals surface area contributed by atoms with Gasteiger partial charge in [-0.05, 0) is 50.9 Å². The summed E-state index contributed by atoms with van der Waals surface area (Å²) in [6.45, 7) is 5.21. The molecule has 104 valence electrons. The number of nitrogens with one attached hydrogen (secondary N) is 2. The standard InChI is InChI=1S/C14H21N3O2/c1-2-19-14(18)12-4-3-7-16-13(12)17-9-6-11-5-8-15-10-11/h3-4,7,11,15H,2,5-6,8-10H2,1H3,(H,16,17). The van der Waals surface area contributed by atoms with Gasteiger partial charge >= 0.3 is 5.97 Å². The Morgan fingerprint density at radius 2 is 2.53 bits per heavy atom. The summed E-state index contributed by atoms with van der Waals surface area (Å²) in [6, 6.07) is 3.49. The van der Waals surface area contributed by atoms with Gasteiger partial charge in [-0.2, -0.15) is 0 Å². The molecule has 1 aliphatic heterocycles. The fourth-order valence-electron chi connectivity index (χ4n) is 2.28. The molecule has 0 aliphatic carbocycles. The predicted octanol–water partition coefficient (Wildman–Crippen LogP) is 1.67. The highest BCUT2D eigenvalue weighted by molar-refractivity contribution is 5.94. The Morgan fingerprint density at radius 1 is 1.63 bits per heavy atom. The van der Waals surface area contributed by atoms with E-state index in [-0.39, 0.29) is 5.97 Å². The third kappa shape index (κ3) is 3.92. The van der Waals surface area contributed by atoms with Crippen molar-refractivity contribution in [3.8, 4) is 0 Å². The van der Waals surface area contributed by atoms with Crippen molar-refractivity contribution in [3.05, 3.63) is 23.9 Å². The van der Waals surface area contributed by atoms with Crippen molar-refractivity contribution in [1.82, 2.24) is 10.3 Å². The summed E-state index contributed by atoms with van der Waals surface area (Å²) >= 11 is 0. The van der Waals surface area contributed by atoms with Gasteiger partial charge in [0.15, 0.2) is 0 Å². The van der Waals surface area contributed by atoms with Crippen LogP contribution in [0.4, 0.5) is 5.82 Å². The smallest absolute Gasteiger partial charge is 0.341 e. The normalized spacial score (nSPS) is 18.3. The second kappa shape index (κ2) is 7.09. The molecule has 5 nitrogen and oxygen atoms in total. The van der Waals surface area contributed by atoms with Crippen molar-refractivity contribution in [2.24, 2.45) is 5.92 Å². The lowest BCUT2D eigenvalue weighted by molar-refractivity contribution is 0.0527. The van der Waals surface area contributed by atoms with Crippen molar-refractivity contribution in [2.75, 3.05) is 31.6 Å². The summed E-state index contributed by atoms with van der Waals surface area (Å²) in [5.41, 5.74) is 0.508. The highest BCUT2D eigenvalue weighted by Gasteiger charge is 2.15. The van der Waals surface area contributed by atoms with Crippen LogP contribution in [0.1, 0.15) is 30.1 Å². The minimum absolute atomic E-state index is 0.319. The van der Waals surface area contributed by atoms with Crippen LogP contribution < -0.4 is 10.6 Å². The van der Waals surface area contributed by atoms with Gasteiger partial charge in [-0.15, -0.1) is 0 Å². The van der Waals surface area contributed by atoms with E-state index in [4.69, 9.17) is 4.74 Å². The Bertz CT molecular complexity index is 417. The first-order chi connectivity index (χ1) is 9.31. The van der Waals surface area contributed by atoms with Crippen LogP contribution in [-0.2, 0) is 4.74 Å². The number of aromatic nitrogens is 1. The minimum atomic E-state index is -0.319. The number of carbonyl (C=O) groups excluding carboxylic acids is 1. The molecule has 1 aliphatic rings. The van der Waals surface area contributed by atoms with E-state index in [9.17, 15) is 4.79 Å². The lowest BCUT2D eigenvalue weighted by Gasteiger charge is -2.12. The summed E-state index contributed by atoms with van der Waals surface area (Å²) in [6.07, 6.45) is 4.00. The van der Waals surface area contributed by atoms with Crippen LogP contribution in [0.25, 0.3) is 0 Å². The molecule has 5 heteroatoms. The molecule has 0 aromatic carbocycles. The summed E-state index contributed by atoms with van der Waals surface area (Å²) in [7, 11) is 0. The Balaban J connectivity index is 1.89. The zero-order valence-electron chi connectivity index (χ0n) is 11.3. The van der Waals surface area contributed by atoms with Crippen molar-refractivity contribution in [1.29, 1.82) is 0 Å². The molecule has 0 bridgehead atoms. The fourth-order valence-corrected chi connectivity index (χ4v) is 2.28. The molecule has 1 unspecified atom stereocenters. The molecule has 1 atom stereocenters. The van der Waals surface area contributed by atoms with Gasteiger partial charge in [0.05, 0.1) is 6.61 Å². The molecular formula is C14H21N3O2. The molecule has 1 fully saturated rings. The second-order valence-electron chi connectivity index (χ2n) is 4.69. The van der Waals surface area contributed by atoms with Crippen molar-refractivity contribution in [2.45, 2.75) is 19.8 Å². The van der Waals surface area contributed by atoms with Crippen LogP contribution >= 0.6 is 0 Å². The molecule has 0 spiro atoms. The number of rotatable bonds is 6. The zero-order chi connectivity index (χ0) is 13.5. The number of esters is 1. The van der Waals surface area contributed by atoms with E-state index in [1.165, 1.54) is 6.42 Å². The Hall–Kier alpha value is -1.62. The van der Waals surface area contributed by atoms with Gasteiger partial charge in [0.2, 0.25) is 0 Å². The third-order valence-electron chi connectivity index (χ3n) is 3.31. The van der Waals surface area contributed by atoms with Crippen LogP contribution in [0.3, 0.4) is 0 Å². The van der Waals surface area contributed by atoms with Crippen LogP contribution in [0.15, 0.2) is 18.3 Å². The molecule has 0 radical (unpaired) electrons. The van der Waals surface area contributed by atoms with E-state index in [1.54, 1.807) is 25.3 Å². The molecule has 2 rings (SSSR count). The molecule has 0 saturated carbocycles. The Labute approximate surface area is 113 Å². The maximum Gasteiger partial charge on any atom is 0.341 e. The molecule has 2 heterocycles. The summed E-state index contributed by atoms with van der Waals surface area (Å²) in [5.74, 6) is 1.02. The van der Waals surface area contributed by atoms with Gasteiger partial charge in [-0.1, -0.05) is 0 Å². The van der Waals surface area contributed by atoms with E-state index in [1.807, 2.05) is 0 Å². The van der Waals surface area contributed by atoms with Crippen LogP contribution in [0.2, 0.25) is 0 Å². The molecule has 1 aromatic rings. The molecule has 1 aromatic heterocycles. The fraction of sp³-hybridized carbons (Fsp3) is 0.571. The lowest BCUT2D eigenvalue weighted by Crippen LogP contribution is -2.15. The van der Waals surface area contributed by atoms with E-state index in [2.05, 4.69) is 15.6 Å². The minimum Gasteiger partial charge on any atom is -0.462 e. The Kier molecular flexibility index (Phi) is 5.15. The van der Waals surface area contributed by atoms with Gasteiger partial charge in [0.1, 0.15) is 11.4 Å². The zero-order valence-corrected chi connectivity index (χ0v) is 11.3. The number of nitrogens with zero attached hydrogens (tertiary/aromatic N) is 1. The lowest BCUT2D eigenvalue weighted by atomic mass is 10.1. The average Bonchev–Trinajstić information content (AvgIpc) is 2.93. The monoisotopic (exact) mass is 263 g/mol. The first kappa shape index (κ1) is 13.8. The van der Waals surface area contributed by atoms with Crippen molar-refractivity contribution >= 4 is 11.8 Å². The van der Waals surface area contributed by atoms with Crippen molar-refractivity contribution in [3.63, 3.8) is 0 Å². The van der Waals surface area contributed by atoms with Crippen LogP contribution in [0.5, 0.6) is 0 Å². The topological polar surface area (TPSA) is 63.2 Å².